The van der Waals surface area contributed by atoms with Gasteiger partial charge in [-0.05, 0) is 24.3 Å². The van der Waals surface area contributed by atoms with Crippen molar-refractivity contribution in [3.05, 3.63) is 52.1 Å². The third-order valence-electron chi connectivity index (χ3n) is 3.83. The van der Waals surface area contributed by atoms with E-state index in [1.54, 1.807) is 18.2 Å². The maximum Gasteiger partial charge on any atom is 0.338 e. The Hall–Kier alpha value is -3.82. The van der Waals surface area contributed by atoms with Crippen LogP contribution in [0.25, 0.3) is 0 Å². The third-order valence-corrected chi connectivity index (χ3v) is 3.83. The van der Waals surface area contributed by atoms with Crippen molar-refractivity contribution >= 4 is 28.9 Å². The molecule has 0 spiro atoms. The lowest BCUT2D eigenvalue weighted by atomic mass is 10.2. The minimum absolute atomic E-state index is 0.0753. The maximum atomic E-state index is 12.0. The predicted molar refractivity (Wildman–Crippen MR) is 98.5 cm³/mol. The van der Waals surface area contributed by atoms with Gasteiger partial charge in [0.1, 0.15) is 5.69 Å². The van der Waals surface area contributed by atoms with Crippen LogP contribution in [0.15, 0.2) is 36.4 Å². The third kappa shape index (κ3) is 4.47. The van der Waals surface area contributed by atoms with Crippen LogP contribution in [0.1, 0.15) is 16.8 Å². The van der Waals surface area contributed by atoms with E-state index in [1.165, 1.54) is 12.1 Å². The molecule has 1 amide bonds. The van der Waals surface area contributed by atoms with E-state index >= 15 is 0 Å². The zero-order chi connectivity index (χ0) is 20.1. The summed E-state index contributed by atoms with van der Waals surface area (Å²) in [5.74, 6) is -0.349. The van der Waals surface area contributed by atoms with Crippen molar-refractivity contribution in [1.82, 2.24) is 0 Å². The van der Waals surface area contributed by atoms with Gasteiger partial charge in [-0.15, -0.1) is 0 Å². The molecule has 0 unspecified atom stereocenters. The monoisotopic (exact) mass is 387 g/mol. The predicted octanol–water partition coefficient (Wildman–Crippen LogP) is 2.13. The molecule has 3 N–H and O–H groups in total. The Balaban J connectivity index is 1.58. The lowest BCUT2D eigenvalue weighted by Crippen LogP contribution is -2.21. The first-order valence-electron chi connectivity index (χ1n) is 8.34. The first-order valence-corrected chi connectivity index (χ1v) is 8.34. The molecular formula is C18H17N3O7. The number of esters is 1. The number of nitrogens with two attached hydrogens (primary N) is 1. The molecule has 1 aliphatic rings. The number of nitro groups is 1. The Kier molecular flexibility index (Phi) is 5.58. The average molecular weight is 387 g/mol. The summed E-state index contributed by atoms with van der Waals surface area (Å²) in [5, 5.41) is 13.5. The van der Waals surface area contributed by atoms with Crippen LogP contribution in [0.5, 0.6) is 11.5 Å². The van der Waals surface area contributed by atoms with E-state index < -0.39 is 29.1 Å². The highest BCUT2D eigenvalue weighted by atomic mass is 16.6. The zero-order valence-electron chi connectivity index (χ0n) is 14.7. The van der Waals surface area contributed by atoms with Crippen LogP contribution in [-0.4, -0.2) is 36.6 Å². The van der Waals surface area contributed by atoms with Crippen molar-refractivity contribution < 1.29 is 28.7 Å². The molecule has 2 aromatic carbocycles. The average Bonchev–Trinajstić information content (AvgIpc) is 2.91. The number of carbonyl (C=O) groups is 2. The maximum absolute atomic E-state index is 12.0. The number of nitro benzene ring substituents is 1. The number of nitrogens with one attached hydrogen (secondary N) is 1. The molecule has 1 heterocycles. The quantitative estimate of drug-likeness (QED) is 0.344. The summed E-state index contributed by atoms with van der Waals surface area (Å²) in [6.45, 7) is 0.499. The van der Waals surface area contributed by atoms with Gasteiger partial charge in [0, 0.05) is 24.2 Å². The molecule has 146 valence electrons. The fourth-order valence-corrected chi connectivity index (χ4v) is 2.48. The molecule has 0 atom stereocenters. The normalized spacial score (nSPS) is 12.6. The van der Waals surface area contributed by atoms with Crippen LogP contribution in [-0.2, 0) is 9.53 Å². The fraction of sp³-hybridized carbons (Fsp3) is 0.222. The van der Waals surface area contributed by atoms with Crippen LogP contribution in [0.2, 0.25) is 0 Å². The molecule has 0 radical (unpaired) electrons. The first-order chi connectivity index (χ1) is 13.4. The van der Waals surface area contributed by atoms with E-state index in [0.29, 0.717) is 30.4 Å². The van der Waals surface area contributed by atoms with Crippen molar-refractivity contribution in [3.8, 4) is 11.5 Å². The molecule has 0 saturated heterocycles. The van der Waals surface area contributed by atoms with E-state index in [-0.39, 0.29) is 11.3 Å². The van der Waals surface area contributed by atoms with E-state index in [2.05, 4.69) is 5.32 Å². The topological polar surface area (TPSA) is 143 Å². The Bertz CT molecular complexity index is 929. The Morgan fingerprint density at radius 2 is 1.89 bits per heavy atom. The number of nitrogens with zero attached hydrogens (tertiary/aromatic N) is 1. The molecule has 3 rings (SSSR count). The lowest BCUT2D eigenvalue weighted by Gasteiger charge is -2.10. The number of ether oxygens (including phenoxy) is 3. The fourth-order valence-electron chi connectivity index (χ4n) is 2.48. The summed E-state index contributed by atoms with van der Waals surface area (Å²) >= 11 is 0. The number of hydrogen-bond donors (Lipinski definition) is 2. The summed E-state index contributed by atoms with van der Waals surface area (Å²) in [5.41, 5.74) is 5.37. The number of carbonyl (C=O) groups excluding carboxylic acids is 2. The highest BCUT2D eigenvalue weighted by Gasteiger charge is 2.18. The molecule has 0 saturated carbocycles. The first kappa shape index (κ1) is 19.0. The molecule has 10 nitrogen and oxygen atoms in total. The van der Waals surface area contributed by atoms with Crippen molar-refractivity contribution in [2.24, 2.45) is 0 Å². The number of benzene rings is 2. The van der Waals surface area contributed by atoms with Gasteiger partial charge in [-0.1, -0.05) is 0 Å². The zero-order valence-corrected chi connectivity index (χ0v) is 14.7. The summed E-state index contributed by atoms with van der Waals surface area (Å²) in [6.07, 6.45) is 0.760. The van der Waals surface area contributed by atoms with E-state index in [9.17, 15) is 19.7 Å². The molecule has 28 heavy (non-hydrogen) atoms. The number of amides is 1. The molecule has 10 heteroatoms. The van der Waals surface area contributed by atoms with Crippen LogP contribution in [0.3, 0.4) is 0 Å². The van der Waals surface area contributed by atoms with Crippen LogP contribution >= 0.6 is 0 Å². The number of hydrogen-bond acceptors (Lipinski definition) is 8. The van der Waals surface area contributed by atoms with E-state index in [4.69, 9.17) is 19.9 Å². The standard InChI is InChI=1S/C18H17N3O7/c19-13-4-2-11(8-14(13)21(24)25)18(23)28-10-17(22)20-12-3-5-15-16(9-12)27-7-1-6-26-15/h2-5,8-9H,1,6-7,10,19H2,(H,20,22). The van der Waals surface area contributed by atoms with Gasteiger partial charge < -0.3 is 25.3 Å². The van der Waals surface area contributed by atoms with Gasteiger partial charge in [0.05, 0.1) is 23.7 Å². The van der Waals surface area contributed by atoms with Crippen molar-refractivity contribution in [2.45, 2.75) is 6.42 Å². The molecule has 0 aromatic heterocycles. The van der Waals surface area contributed by atoms with Gasteiger partial charge >= 0.3 is 5.97 Å². The largest absolute Gasteiger partial charge is 0.490 e. The van der Waals surface area contributed by atoms with Gasteiger partial charge in [0.2, 0.25) is 0 Å². The second-order valence-electron chi connectivity index (χ2n) is 5.87. The van der Waals surface area contributed by atoms with Crippen molar-refractivity contribution in [2.75, 3.05) is 30.9 Å². The number of nitrogen functional groups attached to an aromatic ring is 1. The molecule has 0 aliphatic carbocycles. The summed E-state index contributed by atoms with van der Waals surface area (Å²) in [6, 6.07) is 8.44. The molecular weight excluding hydrogens is 370 g/mol. The number of anilines is 2. The smallest absolute Gasteiger partial charge is 0.338 e. The van der Waals surface area contributed by atoms with E-state index in [0.717, 1.165) is 12.5 Å². The van der Waals surface area contributed by atoms with Crippen LogP contribution in [0.4, 0.5) is 17.1 Å². The SMILES string of the molecule is Nc1ccc(C(=O)OCC(=O)Nc2ccc3c(c2)OCCCO3)cc1[N+](=O)[O-]. The molecule has 2 aromatic rings. The molecule has 1 aliphatic heterocycles. The molecule has 0 fully saturated rings. The minimum atomic E-state index is -0.878. The second-order valence-corrected chi connectivity index (χ2v) is 5.87. The van der Waals surface area contributed by atoms with Gasteiger partial charge in [0.25, 0.3) is 11.6 Å². The highest BCUT2D eigenvalue weighted by molar-refractivity contribution is 5.96. The lowest BCUT2D eigenvalue weighted by molar-refractivity contribution is -0.383. The number of rotatable bonds is 5. The Morgan fingerprint density at radius 1 is 1.14 bits per heavy atom. The highest BCUT2D eigenvalue weighted by Crippen LogP contribution is 2.32. The van der Waals surface area contributed by atoms with Gasteiger partial charge in [-0.3, -0.25) is 14.9 Å². The van der Waals surface area contributed by atoms with Crippen molar-refractivity contribution in [1.29, 1.82) is 0 Å². The van der Waals surface area contributed by atoms with Crippen LogP contribution in [0, 0.1) is 10.1 Å². The molecule has 0 bridgehead atoms. The summed E-state index contributed by atoms with van der Waals surface area (Å²) in [7, 11) is 0. The van der Waals surface area contributed by atoms with Crippen LogP contribution < -0.4 is 20.5 Å². The Morgan fingerprint density at radius 3 is 2.64 bits per heavy atom. The number of fused-ring (bicyclic) bond motifs is 1. The van der Waals surface area contributed by atoms with Gasteiger partial charge in [-0.2, -0.15) is 0 Å². The minimum Gasteiger partial charge on any atom is -0.490 e. The summed E-state index contributed by atoms with van der Waals surface area (Å²) < 4.78 is 15.9. The van der Waals surface area contributed by atoms with Crippen molar-refractivity contribution in [3.63, 3.8) is 0 Å². The van der Waals surface area contributed by atoms with Gasteiger partial charge in [-0.25, -0.2) is 4.79 Å². The second kappa shape index (κ2) is 8.25. The summed E-state index contributed by atoms with van der Waals surface area (Å²) in [4.78, 5) is 34.2. The van der Waals surface area contributed by atoms with E-state index in [1.807, 2.05) is 0 Å². The Labute approximate surface area is 159 Å². The van der Waals surface area contributed by atoms with Gasteiger partial charge in [0.15, 0.2) is 18.1 Å².